The summed E-state index contributed by atoms with van der Waals surface area (Å²) < 4.78 is 132. The molecular formula is C24H17F6N3O6S2. The summed E-state index contributed by atoms with van der Waals surface area (Å²) in [5, 5.41) is 5.03. The average molecular weight is 622 g/mol. The summed E-state index contributed by atoms with van der Waals surface area (Å²) in [7, 11) is -9.34. The van der Waals surface area contributed by atoms with E-state index in [0.29, 0.717) is 0 Å². The number of ether oxygens (including phenoxy) is 1. The molecule has 0 aliphatic carbocycles. The van der Waals surface area contributed by atoms with Crippen LogP contribution in [0.2, 0.25) is 0 Å². The molecule has 3 rings (SSSR count). The highest BCUT2D eigenvalue weighted by atomic mass is 32.2. The van der Waals surface area contributed by atoms with E-state index in [0.717, 1.165) is 48.7 Å². The minimum atomic E-state index is -4.83. The molecule has 0 saturated carbocycles. The Hall–Kier alpha value is -4.14. The van der Waals surface area contributed by atoms with Gasteiger partial charge in [-0.05, 0) is 48.4 Å². The zero-order valence-electron chi connectivity index (χ0n) is 20.2. The number of carbonyl (C=O) groups is 1. The van der Waals surface area contributed by atoms with Gasteiger partial charge in [0.15, 0.2) is 11.4 Å². The first kappa shape index (κ1) is 31.4. The predicted octanol–water partition coefficient (Wildman–Crippen LogP) is 3.60. The van der Waals surface area contributed by atoms with Crippen LogP contribution in [0.3, 0.4) is 0 Å². The standard InChI is InChI=1S/C24H17F6N3O6S2/c25-23(26,27)11-12-39-19-13-16(14-32-18(19)10-7-15-5-8-17(9-6-15)24(28,29)30)22(34)33-41(37,38)21-4-2-1-3-20(21)40(31,35)36/h1-6,8-9,13-14H,11-12H2,(H,33,34)(H2,31,35,36). The first-order valence-electron chi connectivity index (χ1n) is 10.9. The third-order valence-corrected chi connectivity index (χ3v) is 7.46. The quantitative estimate of drug-likeness (QED) is 0.303. The molecule has 0 radical (unpaired) electrons. The van der Waals surface area contributed by atoms with Gasteiger partial charge in [-0.3, -0.25) is 4.79 Å². The van der Waals surface area contributed by atoms with Crippen molar-refractivity contribution >= 4 is 26.0 Å². The number of nitrogens with two attached hydrogens (primary N) is 1. The van der Waals surface area contributed by atoms with Crippen LogP contribution in [0.15, 0.2) is 70.6 Å². The lowest BCUT2D eigenvalue weighted by atomic mass is 10.1. The third-order valence-electron chi connectivity index (χ3n) is 4.97. The largest absolute Gasteiger partial charge is 0.490 e. The zero-order chi connectivity index (χ0) is 30.6. The number of carbonyl (C=O) groups excluding carboxylic acids is 1. The summed E-state index contributed by atoms with van der Waals surface area (Å²) in [6, 6.07) is 8.60. The van der Waals surface area contributed by atoms with Crippen LogP contribution in [0.1, 0.15) is 33.6 Å². The number of pyridine rings is 1. The monoisotopic (exact) mass is 621 g/mol. The highest BCUT2D eigenvalue weighted by Crippen LogP contribution is 2.29. The van der Waals surface area contributed by atoms with Gasteiger partial charge < -0.3 is 4.74 Å². The van der Waals surface area contributed by atoms with Crippen LogP contribution in [-0.4, -0.2) is 40.5 Å². The highest BCUT2D eigenvalue weighted by Gasteiger charge is 2.30. The summed E-state index contributed by atoms with van der Waals surface area (Å²) in [5.74, 6) is 3.06. The topological polar surface area (TPSA) is 146 Å². The van der Waals surface area contributed by atoms with Crippen molar-refractivity contribution in [3.05, 3.63) is 83.2 Å². The summed E-state index contributed by atoms with van der Waals surface area (Å²) in [4.78, 5) is 14.9. The normalized spacial score (nSPS) is 12.3. The highest BCUT2D eigenvalue weighted by molar-refractivity contribution is 7.92. The Morgan fingerprint density at radius 1 is 0.927 bits per heavy atom. The Morgan fingerprint density at radius 2 is 1.54 bits per heavy atom. The number of alkyl halides is 6. The second-order valence-electron chi connectivity index (χ2n) is 8.04. The van der Waals surface area contributed by atoms with E-state index in [9.17, 15) is 48.0 Å². The minimum absolute atomic E-state index is 0.0856. The van der Waals surface area contributed by atoms with Crippen LogP contribution in [0, 0.1) is 11.8 Å². The van der Waals surface area contributed by atoms with Gasteiger partial charge in [-0.15, -0.1) is 0 Å². The lowest BCUT2D eigenvalue weighted by molar-refractivity contribution is -0.139. The van der Waals surface area contributed by atoms with E-state index < -0.39 is 78.0 Å². The van der Waals surface area contributed by atoms with E-state index in [1.165, 1.54) is 12.1 Å². The number of benzene rings is 2. The van der Waals surface area contributed by atoms with Gasteiger partial charge in [0.2, 0.25) is 10.0 Å². The van der Waals surface area contributed by atoms with Crippen molar-refractivity contribution in [3.8, 4) is 17.6 Å². The van der Waals surface area contributed by atoms with Crippen molar-refractivity contribution in [2.45, 2.75) is 28.6 Å². The van der Waals surface area contributed by atoms with Crippen molar-refractivity contribution in [2.75, 3.05) is 6.61 Å². The predicted molar refractivity (Wildman–Crippen MR) is 130 cm³/mol. The number of hydrogen-bond acceptors (Lipinski definition) is 7. The number of hydrogen-bond donors (Lipinski definition) is 2. The van der Waals surface area contributed by atoms with Crippen LogP contribution in [0.4, 0.5) is 26.3 Å². The van der Waals surface area contributed by atoms with Crippen LogP contribution in [0.25, 0.3) is 0 Å². The molecule has 17 heteroatoms. The van der Waals surface area contributed by atoms with Crippen molar-refractivity contribution in [1.29, 1.82) is 0 Å². The maximum absolute atomic E-state index is 12.8. The molecule has 9 nitrogen and oxygen atoms in total. The first-order valence-corrected chi connectivity index (χ1v) is 14.0. The Balaban J connectivity index is 1.94. The molecule has 0 unspecified atom stereocenters. The lowest BCUT2D eigenvalue weighted by Gasteiger charge is -2.12. The van der Waals surface area contributed by atoms with Gasteiger partial charge in [-0.25, -0.2) is 31.7 Å². The second-order valence-corrected chi connectivity index (χ2v) is 11.2. The molecule has 0 bridgehead atoms. The lowest BCUT2D eigenvalue weighted by Crippen LogP contribution is -2.32. The zero-order valence-corrected chi connectivity index (χ0v) is 21.9. The molecule has 0 aliphatic rings. The van der Waals surface area contributed by atoms with Gasteiger partial charge in [0.1, 0.15) is 9.79 Å². The van der Waals surface area contributed by atoms with Crippen molar-refractivity contribution in [2.24, 2.45) is 5.14 Å². The summed E-state index contributed by atoms with van der Waals surface area (Å²) in [5.41, 5.74) is -1.69. The van der Waals surface area contributed by atoms with Crippen LogP contribution < -0.4 is 14.6 Å². The molecule has 1 heterocycles. The molecule has 1 aromatic heterocycles. The van der Waals surface area contributed by atoms with E-state index in [4.69, 9.17) is 9.88 Å². The number of halogens is 6. The van der Waals surface area contributed by atoms with E-state index >= 15 is 0 Å². The summed E-state index contributed by atoms with van der Waals surface area (Å²) in [6.45, 7) is -0.939. The number of aromatic nitrogens is 1. The molecule has 218 valence electrons. The first-order chi connectivity index (χ1) is 18.9. The summed E-state index contributed by atoms with van der Waals surface area (Å²) in [6.07, 6.45) is -9.80. The van der Waals surface area contributed by atoms with Gasteiger partial charge in [0.05, 0.1) is 24.2 Å². The number of primary sulfonamides is 1. The van der Waals surface area contributed by atoms with Gasteiger partial charge in [-0.1, -0.05) is 18.1 Å². The van der Waals surface area contributed by atoms with Gasteiger partial charge in [-0.2, -0.15) is 26.3 Å². The Kier molecular flexibility index (Phi) is 9.01. The Bertz CT molecular complexity index is 1730. The molecule has 0 atom stereocenters. The van der Waals surface area contributed by atoms with E-state index in [2.05, 4.69) is 16.8 Å². The van der Waals surface area contributed by atoms with E-state index in [-0.39, 0.29) is 11.3 Å². The molecule has 41 heavy (non-hydrogen) atoms. The van der Waals surface area contributed by atoms with E-state index in [1.807, 2.05) is 0 Å². The maximum atomic E-state index is 12.8. The fraction of sp³-hybridized carbons (Fsp3) is 0.167. The molecule has 0 saturated heterocycles. The number of nitrogens with zero attached hydrogens (tertiary/aromatic N) is 1. The fourth-order valence-electron chi connectivity index (χ4n) is 3.07. The number of sulfonamides is 2. The van der Waals surface area contributed by atoms with Crippen molar-refractivity contribution < 1.29 is 52.7 Å². The van der Waals surface area contributed by atoms with Gasteiger partial charge in [0, 0.05) is 11.8 Å². The molecule has 2 aromatic carbocycles. The van der Waals surface area contributed by atoms with Crippen molar-refractivity contribution in [1.82, 2.24) is 9.71 Å². The van der Waals surface area contributed by atoms with Gasteiger partial charge in [0.25, 0.3) is 15.9 Å². The van der Waals surface area contributed by atoms with E-state index in [1.54, 1.807) is 4.72 Å². The molecule has 0 aliphatic heterocycles. The number of nitrogens with one attached hydrogen (secondary N) is 1. The Labute approximate surface area is 229 Å². The molecular weight excluding hydrogens is 604 g/mol. The maximum Gasteiger partial charge on any atom is 0.416 e. The third kappa shape index (κ3) is 8.67. The number of amides is 1. The van der Waals surface area contributed by atoms with Crippen LogP contribution in [-0.2, 0) is 26.2 Å². The van der Waals surface area contributed by atoms with Crippen LogP contribution >= 0.6 is 0 Å². The molecule has 3 aromatic rings. The smallest absolute Gasteiger partial charge is 0.416 e. The second kappa shape index (κ2) is 11.8. The Morgan fingerprint density at radius 3 is 2.10 bits per heavy atom. The summed E-state index contributed by atoms with van der Waals surface area (Å²) >= 11 is 0. The van der Waals surface area contributed by atoms with Crippen LogP contribution in [0.5, 0.6) is 5.75 Å². The molecule has 3 N–H and O–H groups in total. The number of rotatable bonds is 7. The molecule has 1 amide bonds. The SMILES string of the molecule is NS(=O)(=O)c1ccccc1S(=O)(=O)NC(=O)c1cnc(C#Cc2ccc(C(F)(F)F)cc2)c(OCCC(F)(F)F)c1. The molecule has 0 spiro atoms. The van der Waals surface area contributed by atoms with Crippen molar-refractivity contribution in [3.63, 3.8) is 0 Å². The minimum Gasteiger partial charge on any atom is -0.490 e. The van der Waals surface area contributed by atoms with Gasteiger partial charge >= 0.3 is 12.4 Å². The molecule has 0 fully saturated rings. The fourth-order valence-corrected chi connectivity index (χ4v) is 5.42. The average Bonchev–Trinajstić information content (AvgIpc) is 2.86.